The van der Waals surface area contributed by atoms with Gasteiger partial charge in [-0.05, 0) is 86.7 Å². The van der Waals surface area contributed by atoms with Crippen molar-refractivity contribution >= 4 is 11.9 Å². The lowest BCUT2D eigenvalue weighted by atomic mass is 9.43. The van der Waals surface area contributed by atoms with Gasteiger partial charge in [-0.2, -0.15) is 0 Å². The summed E-state index contributed by atoms with van der Waals surface area (Å²) in [5.74, 6) is -0.461. The van der Waals surface area contributed by atoms with E-state index >= 15 is 0 Å². The zero-order valence-electron chi connectivity index (χ0n) is 22.8. The highest BCUT2D eigenvalue weighted by Gasteiger charge is 2.70. The molecular formula is C29H42O9. The fourth-order valence-electron chi connectivity index (χ4n) is 9.02. The maximum Gasteiger partial charge on any atom is 0.335 e. The van der Waals surface area contributed by atoms with Crippen LogP contribution in [0.1, 0.15) is 90.5 Å². The molecule has 4 aliphatic rings. The summed E-state index contributed by atoms with van der Waals surface area (Å²) >= 11 is 0. The molecule has 0 bridgehead atoms. The zero-order chi connectivity index (χ0) is 26.8. The van der Waals surface area contributed by atoms with Crippen LogP contribution in [0.3, 0.4) is 0 Å². The molecule has 38 heavy (non-hydrogen) atoms. The average Bonchev–Trinajstić information content (AvgIpc) is 3.05. The smallest absolute Gasteiger partial charge is 0.335 e. The predicted octanol–water partition coefficient (Wildman–Crippen LogP) is 2.89. The number of ether oxygens (including phenoxy) is 2. The SMILES string of the molecule is CC(=O)O[C@H]1C[C@]2(O)[C@@H]3CC[C@@H]4C[C@@H](OC(=O)[C@H](C)O)CC[C@]4(C)[C@H]3CC[C@]2(C)[C@H]1c1ccc(=O)oc1.O. The van der Waals surface area contributed by atoms with Crippen molar-refractivity contribution in [3.63, 3.8) is 0 Å². The summed E-state index contributed by atoms with van der Waals surface area (Å²) in [6.45, 7) is 7.29. The number of aliphatic hydroxyl groups excluding tert-OH is 1. The Morgan fingerprint density at radius 3 is 2.45 bits per heavy atom. The van der Waals surface area contributed by atoms with E-state index in [1.54, 1.807) is 6.07 Å². The fourth-order valence-corrected chi connectivity index (χ4v) is 9.02. The lowest BCUT2D eigenvalue weighted by molar-refractivity contribution is -0.208. The molecule has 10 atom stereocenters. The topological polar surface area (TPSA) is 155 Å². The molecule has 5 rings (SSSR count). The third kappa shape index (κ3) is 4.40. The highest BCUT2D eigenvalue weighted by Crippen LogP contribution is 2.71. The van der Waals surface area contributed by atoms with E-state index in [-0.39, 0.29) is 34.8 Å². The Labute approximate surface area is 223 Å². The van der Waals surface area contributed by atoms with E-state index in [1.807, 2.05) is 0 Å². The maximum atomic E-state index is 12.6. The van der Waals surface area contributed by atoms with E-state index in [9.17, 15) is 24.6 Å². The first-order valence-electron chi connectivity index (χ1n) is 13.8. The van der Waals surface area contributed by atoms with Crippen molar-refractivity contribution in [1.29, 1.82) is 0 Å². The minimum atomic E-state index is -1.12. The molecule has 0 radical (unpaired) electrons. The molecular weight excluding hydrogens is 492 g/mol. The molecule has 0 unspecified atom stereocenters. The van der Waals surface area contributed by atoms with Gasteiger partial charge in [-0.1, -0.05) is 13.8 Å². The first kappa shape index (κ1) is 28.8. The minimum Gasteiger partial charge on any atom is -0.462 e. The molecule has 0 saturated heterocycles. The van der Waals surface area contributed by atoms with Crippen molar-refractivity contribution in [1.82, 2.24) is 0 Å². The fraction of sp³-hybridized carbons (Fsp3) is 0.759. The van der Waals surface area contributed by atoms with Gasteiger partial charge < -0.3 is 29.6 Å². The van der Waals surface area contributed by atoms with E-state index < -0.39 is 34.8 Å². The number of rotatable bonds is 4. The third-order valence-corrected chi connectivity index (χ3v) is 10.8. The van der Waals surface area contributed by atoms with Gasteiger partial charge in [-0.3, -0.25) is 4.79 Å². The Bertz CT molecular complexity index is 1090. The molecule has 4 saturated carbocycles. The maximum absolute atomic E-state index is 12.6. The van der Waals surface area contributed by atoms with Gasteiger partial charge in [-0.15, -0.1) is 0 Å². The molecule has 0 aromatic carbocycles. The van der Waals surface area contributed by atoms with Crippen LogP contribution in [0.25, 0.3) is 0 Å². The molecule has 1 heterocycles. The van der Waals surface area contributed by atoms with Crippen LogP contribution in [0.5, 0.6) is 0 Å². The summed E-state index contributed by atoms with van der Waals surface area (Å²) in [6, 6.07) is 3.13. The number of fused-ring (bicyclic) bond motifs is 5. The van der Waals surface area contributed by atoms with Crippen LogP contribution in [0, 0.1) is 28.6 Å². The molecule has 0 spiro atoms. The summed E-state index contributed by atoms with van der Waals surface area (Å²) in [6.07, 6.45) is 6.00. The second kappa shape index (κ2) is 10.1. The van der Waals surface area contributed by atoms with Crippen molar-refractivity contribution in [2.75, 3.05) is 0 Å². The van der Waals surface area contributed by atoms with Gasteiger partial charge in [0.25, 0.3) is 0 Å². The molecule has 212 valence electrons. The number of carbonyl (C=O) groups excluding carboxylic acids is 2. The second-order valence-electron chi connectivity index (χ2n) is 12.6. The molecule has 9 heteroatoms. The zero-order valence-corrected chi connectivity index (χ0v) is 22.8. The summed E-state index contributed by atoms with van der Waals surface area (Å²) in [7, 11) is 0. The number of hydrogen-bond acceptors (Lipinski definition) is 8. The van der Waals surface area contributed by atoms with Crippen molar-refractivity contribution in [3.05, 3.63) is 34.4 Å². The summed E-state index contributed by atoms with van der Waals surface area (Å²) < 4.78 is 16.6. The largest absolute Gasteiger partial charge is 0.462 e. The van der Waals surface area contributed by atoms with E-state index in [4.69, 9.17) is 13.9 Å². The number of hydrogen-bond donors (Lipinski definition) is 2. The van der Waals surface area contributed by atoms with Gasteiger partial charge in [0.2, 0.25) is 0 Å². The molecule has 0 aliphatic heterocycles. The van der Waals surface area contributed by atoms with Gasteiger partial charge in [-0.25, -0.2) is 9.59 Å². The van der Waals surface area contributed by atoms with Crippen molar-refractivity contribution in [2.45, 2.75) is 109 Å². The Morgan fingerprint density at radius 2 is 1.82 bits per heavy atom. The molecule has 9 nitrogen and oxygen atoms in total. The molecule has 0 amide bonds. The first-order chi connectivity index (χ1) is 17.4. The highest BCUT2D eigenvalue weighted by molar-refractivity contribution is 5.74. The van der Waals surface area contributed by atoms with Gasteiger partial charge in [0.1, 0.15) is 18.3 Å². The summed E-state index contributed by atoms with van der Waals surface area (Å²) in [5.41, 5.74) is -1.21. The van der Waals surface area contributed by atoms with E-state index in [2.05, 4.69) is 13.8 Å². The van der Waals surface area contributed by atoms with Gasteiger partial charge in [0.15, 0.2) is 0 Å². The standard InChI is InChI=1S/C29H40O8.H2O/c1-16(30)26(33)37-20-9-11-27(3)19(13-20)6-7-22-21(27)10-12-28(4)25(18-5-8-24(32)35-15-18)23(36-17(2)31)14-29(22,28)34;/h5,8,15-16,19-23,25,30,34H,6-7,9-14H2,1-4H3;1H2/t16-,19+,20-,21-,22+,23-,25-,27-,28+,29-;/m0./s1. The number of aliphatic hydroxyl groups is 2. The molecule has 1 aromatic heterocycles. The van der Waals surface area contributed by atoms with Crippen LogP contribution in [0.15, 0.2) is 27.6 Å². The minimum absolute atomic E-state index is 0. The predicted molar refractivity (Wildman–Crippen MR) is 137 cm³/mol. The Kier molecular flexibility index (Phi) is 7.62. The first-order valence-corrected chi connectivity index (χ1v) is 13.8. The van der Waals surface area contributed by atoms with E-state index in [0.29, 0.717) is 18.3 Å². The van der Waals surface area contributed by atoms with E-state index in [0.717, 1.165) is 50.5 Å². The molecule has 4 fully saturated rings. The Morgan fingerprint density at radius 1 is 1.08 bits per heavy atom. The summed E-state index contributed by atoms with van der Waals surface area (Å²) in [5, 5.41) is 22.2. The molecule has 4 N–H and O–H groups in total. The highest BCUT2D eigenvalue weighted by atomic mass is 16.6. The quantitative estimate of drug-likeness (QED) is 0.559. The van der Waals surface area contributed by atoms with Crippen molar-refractivity contribution < 1.29 is 39.2 Å². The van der Waals surface area contributed by atoms with Gasteiger partial charge >= 0.3 is 17.6 Å². The van der Waals surface area contributed by atoms with Gasteiger partial charge in [0.05, 0.1) is 11.9 Å². The van der Waals surface area contributed by atoms with E-state index in [1.165, 1.54) is 26.2 Å². The van der Waals surface area contributed by atoms with Crippen LogP contribution in [0.4, 0.5) is 0 Å². The van der Waals surface area contributed by atoms with Gasteiger partial charge in [0, 0.05) is 30.7 Å². The lowest BCUT2D eigenvalue weighted by Gasteiger charge is -2.63. The third-order valence-electron chi connectivity index (χ3n) is 10.8. The van der Waals surface area contributed by atoms with Crippen molar-refractivity contribution in [3.8, 4) is 0 Å². The van der Waals surface area contributed by atoms with Crippen LogP contribution in [-0.4, -0.2) is 51.5 Å². The van der Waals surface area contributed by atoms with Crippen molar-refractivity contribution in [2.24, 2.45) is 28.6 Å². The monoisotopic (exact) mass is 534 g/mol. The number of carbonyl (C=O) groups is 2. The van der Waals surface area contributed by atoms with Crippen LogP contribution < -0.4 is 5.63 Å². The second-order valence-corrected chi connectivity index (χ2v) is 12.6. The normalized spacial score (nSPS) is 42.5. The molecule has 1 aromatic rings. The lowest BCUT2D eigenvalue weighted by Crippen LogP contribution is -2.62. The van der Waals surface area contributed by atoms with Crippen LogP contribution in [-0.2, 0) is 19.1 Å². The Balaban J connectivity index is 0.00000336. The molecule has 4 aliphatic carbocycles. The Hall–Kier alpha value is -2.23. The van der Waals surface area contributed by atoms with Crippen LogP contribution >= 0.6 is 0 Å². The van der Waals surface area contributed by atoms with Crippen LogP contribution in [0.2, 0.25) is 0 Å². The number of esters is 2. The summed E-state index contributed by atoms with van der Waals surface area (Å²) in [4.78, 5) is 35.7. The average molecular weight is 535 g/mol.